The smallest absolute Gasteiger partial charge is 0.396 e. The molecule has 2 heterocycles. The number of aryl methyl sites for hydroxylation is 1. The van der Waals surface area contributed by atoms with Crippen LogP contribution in [0.1, 0.15) is 11.3 Å². The number of imidazole rings is 1. The van der Waals surface area contributed by atoms with E-state index in [1.54, 1.807) is 11.8 Å². The summed E-state index contributed by atoms with van der Waals surface area (Å²) in [6, 6.07) is 9.87. The minimum atomic E-state index is -4.32. The second-order valence-corrected chi connectivity index (χ2v) is 7.18. The van der Waals surface area contributed by atoms with Gasteiger partial charge in [0.2, 0.25) is 5.95 Å². The quantitative estimate of drug-likeness (QED) is 0.298. The van der Waals surface area contributed by atoms with Gasteiger partial charge in [-0.1, -0.05) is 0 Å². The molecule has 0 unspecified atom stereocenters. The zero-order valence-corrected chi connectivity index (χ0v) is 16.8. The molecular formula is C20H19F4N3OS. The first-order valence-electron chi connectivity index (χ1n) is 8.66. The van der Waals surface area contributed by atoms with Gasteiger partial charge in [-0.2, -0.15) is 13.2 Å². The molecule has 0 aliphatic heterocycles. The maximum atomic E-state index is 12.9. The Kier molecular flexibility index (Phi) is 6.07. The number of aromatic nitrogens is 2. The molecule has 2 aromatic heterocycles. The molecule has 154 valence electrons. The third-order valence-corrected chi connectivity index (χ3v) is 5.01. The second-order valence-electron chi connectivity index (χ2n) is 6.30. The maximum Gasteiger partial charge on any atom is 0.396 e. The van der Waals surface area contributed by atoms with E-state index in [1.165, 1.54) is 24.0 Å². The van der Waals surface area contributed by atoms with Gasteiger partial charge in [-0.25, -0.2) is 9.37 Å². The predicted octanol–water partition coefficient (Wildman–Crippen LogP) is 6.31. The van der Waals surface area contributed by atoms with E-state index in [4.69, 9.17) is 4.42 Å². The van der Waals surface area contributed by atoms with E-state index in [9.17, 15) is 17.6 Å². The summed E-state index contributed by atoms with van der Waals surface area (Å²) in [5.74, 6) is 0.163. The Hall–Kier alpha value is -2.68. The summed E-state index contributed by atoms with van der Waals surface area (Å²) < 4.78 is 54.5. The fraction of sp³-hybridized carbons (Fsp3) is 0.250. The average Bonchev–Trinajstić information content (AvgIpc) is 3.21. The van der Waals surface area contributed by atoms with Gasteiger partial charge in [0.25, 0.3) is 0 Å². The number of rotatable bonds is 3. The number of fused-ring (bicyclic) bond motifs is 2. The van der Waals surface area contributed by atoms with Crippen LogP contribution >= 0.6 is 11.8 Å². The van der Waals surface area contributed by atoms with Gasteiger partial charge >= 0.3 is 6.18 Å². The van der Waals surface area contributed by atoms with Gasteiger partial charge in [0, 0.05) is 17.3 Å². The van der Waals surface area contributed by atoms with Crippen LogP contribution in [0.5, 0.6) is 0 Å². The lowest BCUT2D eigenvalue weighted by Crippen LogP contribution is -2.11. The molecule has 9 heteroatoms. The highest BCUT2D eigenvalue weighted by molar-refractivity contribution is 7.98. The number of thioether (sulfide) groups is 1. The monoisotopic (exact) mass is 425 g/mol. The lowest BCUT2D eigenvalue weighted by atomic mass is 10.1. The van der Waals surface area contributed by atoms with Crippen LogP contribution in [0.3, 0.4) is 0 Å². The fourth-order valence-electron chi connectivity index (χ4n) is 2.83. The number of hydrogen-bond donors (Lipinski definition) is 2. The van der Waals surface area contributed by atoms with Gasteiger partial charge < -0.3 is 14.7 Å². The van der Waals surface area contributed by atoms with Gasteiger partial charge in [-0.15, -0.1) is 11.8 Å². The lowest BCUT2D eigenvalue weighted by Gasteiger charge is -2.03. The molecule has 0 aliphatic rings. The van der Waals surface area contributed by atoms with Crippen LogP contribution in [0.2, 0.25) is 0 Å². The summed E-state index contributed by atoms with van der Waals surface area (Å²) in [6.07, 6.45) is -3.39. The van der Waals surface area contributed by atoms with Crippen LogP contribution in [-0.2, 0) is 6.42 Å². The third-order valence-electron chi connectivity index (χ3n) is 4.28. The van der Waals surface area contributed by atoms with Crippen LogP contribution in [0, 0.1) is 12.7 Å². The number of nitrogens with one attached hydrogen (secondary N) is 2. The lowest BCUT2D eigenvalue weighted by molar-refractivity contribution is -0.130. The molecule has 2 N–H and O–H groups in total. The van der Waals surface area contributed by atoms with Gasteiger partial charge in [-0.3, -0.25) is 0 Å². The third kappa shape index (κ3) is 5.03. The average molecular weight is 425 g/mol. The molecule has 0 spiro atoms. The maximum absolute atomic E-state index is 12.9. The molecule has 4 aromatic rings. The first kappa shape index (κ1) is 21.0. The van der Waals surface area contributed by atoms with E-state index in [1.807, 2.05) is 13.1 Å². The van der Waals surface area contributed by atoms with Crippen LogP contribution in [0.15, 0.2) is 45.7 Å². The summed E-state index contributed by atoms with van der Waals surface area (Å²) >= 11 is 1.73. The summed E-state index contributed by atoms with van der Waals surface area (Å²) in [5, 5.41) is 3.37. The number of aromatic amines is 1. The highest BCUT2D eigenvalue weighted by Gasteiger charge is 2.31. The van der Waals surface area contributed by atoms with Gasteiger partial charge in [0.15, 0.2) is 0 Å². The molecule has 0 amide bonds. The Bertz CT molecular complexity index is 1130. The molecule has 2 aromatic carbocycles. The summed E-state index contributed by atoms with van der Waals surface area (Å²) in [6.45, 7) is 1.49. The molecule has 0 atom stereocenters. The standard InChI is InChI=1S/C11H8F4O.C9H11N3S/c1-6-8-4-7(12)2-3-9(8)16-10(6)5-11(13,14)15;1-10-9-11-7-4-3-6(13-2)5-8(7)12-9/h2-4H,5H2,1H3;3-5H,1-2H3,(H2,10,11,12). The highest BCUT2D eigenvalue weighted by atomic mass is 32.2. The van der Waals surface area contributed by atoms with E-state index < -0.39 is 18.4 Å². The second kappa shape index (κ2) is 8.36. The molecular weight excluding hydrogens is 406 g/mol. The van der Waals surface area contributed by atoms with Crippen molar-refractivity contribution >= 4 is 39.7 Å². The Morgan fingerprint density at radius 2 is 1.93 bits per heavy atom. The van der Waals surface area contributed by atoms with Crippen LogP contribution in [0.4, 0.5) is 23.5 Å². The minimum absolute atomic E-state index is 0.159. The molecule has 4 nitrogen and oxygen atoms in total. The Labute approximate surface area is 168 Å². The van der Waals surface area contributed by atoms with Crippen molar-refractivity contribution in [2.24, 2.45) is 0 Å². The minimum Gasteiger partial charge on any atom is -0.460 e. The van der Waals surface area contributed by atoms with E-state index >= 15 is 0 Å². The molecule has 0 bridgehead atoms. The van der Waals surface area contributed by atoms with Crippen molar-refractivity contribution in [2.45, 2.75) is 24.4 Å². The molecule has 0 radical (unpaired) electrons. The highest BCUT2D eigenvalue weighted by Crippen LogP contribution is 2.30. The molecule has 0 saturated heterocycles. The SMILES string of the molecule is CNc1nc2ccc(SC)cc2[nH]1.Cc1c(CC(F)(F)F)oc2ccc(F)cc12. The van der Waals surface area contributed by atoms with Crippen molar-refractivity contribution in [2.75, 3.05) is 18.6 Å². The zero-order chi connectivity index (χ0) is 21.2. The van der Waals surface area contributed by atoms with Crippen LogP contribution < -0.4 is 5.32 Å². The number of furan rings is 1. The van der Waals surface area contributed by atoms with Gasteiger partial charge in [0.1, 0.15) is 23.6 Å². The number of halogens is 4. The van der Waals surface area contributed by atoms with Crippen LogP contribution in [-0.4, -0.2) is 29.4 Å². The topological polar surface area (TPSA) is 53.9 Å². The normalized spacial score (nSPS) is 11.6. The summed E-state index contributed by atoms with van der Waals surface area (Å²) in [7, 11) is 1.85. The van der Waals surface area contributed by atoms with Gasteiger partial charge in [-0.05, 0) is 55.1 Å². The Morgan fingerprint density at radius 3 is 2.59 bits per heavy atom. The van der Waals surface area contributed by atoms with Crippen molar-refractivity contribution in [3.05, 3.63) is 53.5 Å². The number of alkyl halides is 3. The molecule has 0 saturated carbocycles. The zero-order valence-electron chi connectivity index (χ0n) is 15.9. The van der Waals surface area contributed by atoms with E-state index in [2.05, 4.69) is 33.7 Å². The van der Waals surface area contributed by atoms with Crippen molar-refractivity contribution in [1.29, 1.82) is 0 Å². The van der Waals surface area contributed by atoms with Crippen molar-refractivity contribution in [1.82, 2.24) is 9.97 Å². The van der Waals surface area contributed by atoms with E-state index in [0.717, 1.165) is 23.0 Å². The van der Waals surface area contributed by atoms with E-state index in [-0.39, 0.29) is 11.3 Å². The molecule has 0 fully saturated rings. The molecule has 4 rings (SSSR count). The summed E-state index contributed by atoms with van der Waals surface area (Å²) in [5.41, 5.74) is 2.70. The number of nitrogens with zero attached hydrogens (tertiary/aromatic N) is 1. The Morgan fingerprint density at radius 1 is 1.17 bits per heavy atom. The largest absolute Gasteiger partial charge is 0.460 e. The van der Waals surface area contributed by atoms with E-state index in [0.29, 0.717) is 10.9 Å². The number of H-pyrrole nitrogens is 1. The Balaban J connectivity index is 0.000000169. The number of hydrogen-bond acceptors (Lipinski definition) is 4. The summed E-state index contributed by atoms with van der Waals surface area (Å²) in [4.78, 5) is 8.76. The van der Waals surface area contributed by atoms with Crippen LogP contribution in [0.25, 0.3) is 22.0 Å². The first-order valence-corrected chi connectivity index (χ1v) is 9.88. The number of benzene rings is 2. The van der Waals surface area contributed by atoms with Crippen molar-refractivity contribution in [3.8, 4) is 0 Å². The van der Waals surface area contributed by atoms with Gasteiger partial charge in [0.05, 0.1) is 11.0 Å². The molecule has 29 heavy (non-hydrogen) atoms. The fourth-order valence-corrected chi connectivity index (χ4v) is 3.27. The van der Waals surface area contributed by atoms with Crippen molar-refractivity contribution in [3.63, 3.8) is 0 Å². The number of anilines is 1. The molecule has 0 aliphatic carbocycles. The predicted molar refractivity (Wildman–Crippen MR) is 108 cm³/mol. The first-order chi connectivity index (χ1) is 13.7. The van der Waals surface area contributed by atoms with Crippen molar-refractivity contribution < 1.29 is 22.0 Å².